The van der Waals surface area contributed by atoms with Gasteiger partial charge in [-0.05, 0) is 60.7 Å². The minimum atomic E-state index is -0.309. The number of rotatable bonds is 6. The number of piperazine rings is 1. The van der Waals surface area contributed by atoms with Crippen LogP contribution in [0.3, 0.4) is 0 Å². The van der Waals surface area contributed by atoms with Crippen LogP contribution in [0.2, 0.25) is 5.02 Å². The summed E-state index contributed by atoms with van der Waals surface area (Å²) in [6, 6.07) is 19.8. The highest BCUT2D eigenvalue weighted by atomic mass is 35.5. The summed E-state index contributed by atoms with van der Waals surface area (Å²) in [7, 11) is 3.03. The Bertz CT molecular complexity index is 1140. The Morgan fingerprint density at radius 3 is 1.97 bits per heavy atom. The highest BCUT2D eigenvalue weighted by Gasteiger charge is 2.23. The van der Waals surface area contributed by atoms with Crippen molar-refractivity contribution in [1.82, 2.24) is 4.90 Å². The van der Waals surface area contributed by atoms with E-state index in [1.165, 1.54) is 14.2 Å². The molecule has 0 aliphatic carbocycles. The Balaban J connectivity index is 1.37. The van der Waals surface area contributed by atoms with Crippen LogP contribution in [0.1, 0.15) is 20.7 Å². The van der Waals surface area contributed by atoms with E-state index in [1.807, 2.05) is 29.2 Å². The van der Waals surface area contributed by atoms with Gasteiger partial charge in [0.25, 0.3) is 11.8 Å². The first-order chi connectivity index (χ1) is 16.5. The molecule has 1 aliphatic rings. The SMILES string of the molecule is COc1cccc(OC)c1C(=O)Nc1ccc(N2CCN(C(=O)c3ccc(Cl)cc3)CC2)cc1. The molecule has 8 heteroatoms. The number of carbonyl (C=O) groups excluding carboxylic acids is 2. The van der Waals surface area contributed by atoms with E-state index in [4.69, 9.17) is 21.1 Å². The summed E-state index contributed by atoms with van der Waals surface area (Å²) in [6.45, 7) is 2.72. The molecule has 1 heterocycles. The van der Waals surface area contributed by atoms with Crippen LogP contribution < -0.4 is 19.7 Å². The Kier molecular flexibility index (Phi) is 7.23. The lowest BCUT2D eigenvalue weighted by molar-refractivity contribution is 0.0746. The maximum absolute atomic E-state index is 12.9. The number of ether oxygens (including phenoxy) is 2. The van der Waals surface area contributed by atoms with Crippen molar-refractivity contribution in [3.8, 4) is 11.5 Å². The first-order valence-corrected chi connectivity index (χ1v) is 11.3. The van der Waals surface area contributed by atoms with Crippen molar-refractivity contribution >= 4 is 34.8 Å². The standard InChI is InChI=1S/C26H26ClN3O4/c1-33-22-4-3-5-23(34-2)24(22)25(31)28-20-10-12-21(13-11-20)29-14-16-30(17-15-29)26(32)18-6-8-19(27)9-7-18/h3-13H,14-17H2,1-2H3,(H,28,31). The van der Waals surface area contributed by atoms with E-state index in [0.717, 1.165) is 18.8 Å². The van der Waals surface area contributed by atoms with Crippen molar-refractivity contribution in [3.05, 3.63) is 82.9 Å². The largest absolute Gasteiger partial charge is 0.496 e. The Morgan fingerprint density at radius 1 is 0.824 bits per heavy atom. The topological polar surface area (TPSA) is 71.1 Å². The summed E-state index contributed by atoms with van der Waals surface area (Å²) < 4.78 is 10.6. The van der Waals surface area contributed by atoms with Crippen LogP contribution in [0.5, 0.6) is 11.5 Å². The molecule has 0 saturated carbocycles. The summed E-state index contributed by atoms with van der Waals surface area (Å²) >= 11 is 5.92. The van der Waals surface area contributed by atoms with Gasteiger partial charge in [0.1, 0.15) is 17.1 Å². The molecular formula is C26H26ClN3O4. The lowest BCUT2D eigenvalue weighted by Crippen LogP contribution is -2.48. The molecule has 0 unspecified atom stereocenters. The second-order valence-electron chi connectivity index (χ2n) is 7.82. The highest BCUT2D eigenvalue weighted by Crippen LogP contribution is 2.29. The van der Waals surface area contributed by atoms with Crippen molar-refractivity contribution in [1.29, 1.82) is 0 Å². The molecule has 34 heavy (non-hydrogen) atoms. The summed E-state index contributed by atoms with van der Waals surface area (Å²) in [6.07, 6.45) is 0. The zero-order valence-corrected chi connectivity index (χ0v) is 19.8. The van der Waals surface area contributed by atoms with Crippen molar-refractivity contribution in [2.24, 2.45) is 0 Å². The second-order valence-corrected chi connectivity index (χ2v) is 8.26. The molecule has 0 aromatic heterocycles. The number of carbonyl (C=O) groups is 2. The lowest BCUT2D eigenvalue weighted by Gasteiger charge is -2.36. The average Bonchev–Trinajstić information content (AvgIpc) is 2.88. The van der Waals surface area contributed by atoms with E-state index in [2.05, 4.69) is 10.2 Å². The number of benzene rings is 3. The van der Waals surface area contributed by atoms with Crippen molar-refractivity contribution in [2.45, 2.75) is 0 Å². The molecule has 7 nitrogen and oxygen atoms in total. The molecule has 0 spiro atoms. The van der Waals surface area contributed by atoms with Gasteiger partial charge in [0.2, 0.25) is 0 Å². The van der Waals surface area contributed by atoms with Crippen LogP contribution in [0.4, 0.5) is 11.4 Å². The summed E-state index contributed by atoms with van der Waals surface area (Å²) in [5.41, 5.74) is 2.69. The number of halogens is 1. The van der Waals surface area contributed by atoms with Crippen LogP contribution in [-0.2, 0) is 0 Å². The monoisotopic (exact) mass is 479 g/mol. The van der Waals surface area contributed by atoms with Crippen molar-refractivity contribution in [3.63, 3.8) is 0 Å². The van der Waals surface area contributed by atoms with Gasteiger partial charge in [-0.2, -0.15) is 0 Å². The van der Waals surface area contributed by atoms with E-state index in [1.54, 1.807) is 42.5 Å². The summed E-state index contributed by atoms with van der Waals surface area (Å²) in [4.78, 5) is 29.7. The molecular weight excluding hydrogens is 454 g/mol. The second kappa shape index (κ2) is 10.5. The van der Waals surface area contributed by atoms with Gasteiger partial charge in [0.05, 0.1) is 14.2 Å². The average molecular weight is 480 g/mol. The van der Waals surface area contributed by atoms with Gasteiger partial charge < -0.3 is 24.6 Å². The zero-order valence-electron chi connectivity index (χ0n) is 19.1. The van der Waals surface area contributed by atoms with Crippen molar-refractivity contribution in [2.75, 3.05) is 50.6 Å². The van der Waals surface area contributed by atoms with Crippen LogP contribution in [0, 0.1) is 0 Å². The van der Waals surface area contributed by atoms with Crippen molar-refractivity contribution < 1.29 is 19.1 Å². The molecule has 2 amide bonds. The number of hydrogen-bond donors (Lipinski definition) is 1. The third kappa shape index (κ3) is 5.10. The van der Waals surface area contributed by atoms with Gasteiger partial charge in [-0.25, -0.2) is 0 Å². The van der Waals surface area contributed by atoms with Gasteiger partial charge in [-0.15, -0.1) is 0 Å². The third-order valence-corrected chi connectivity index (χ3v) is 6.06. The van der Waals surface area contributed by atoms with E-state index in [0.29, 0.717) is 46.4 Å². The van der Waals surface area contributed by atoms with Crippen LogP contribution in [0.15, 0.2) is 66.7 Å². The van der Waals surface area contributed by atoms with Gasteiger partial charge in [0, 0.05) is 48.1 Å². The Labute approximate surface area is 203 Å². The summed E-state index contributed by atoms with van der Waals surface area (Å²) in [5, 5.41) is 3.52. The predicted octanol–water partition coefficient (Wildman–Crippen LogP) is 4.57. The minimum Gasteiger partial charge on any atom is -0.496 e. The highest BCUT2D eigenvalue weighted by molar-refractivity contribution is 6.30. The van der Waals surface area contributed by atoms with Crippen LogP contribution in [0.25, 0.3) is 0 Å². The van der Waals surface area contributed by atoms with Gasteiger partial charge in [-0.1, -0.05) is 17.7 Å². The number of hydrogen-bond acceptors (Lipinski definition) is 5. The minimum absolute atomic E-state index is 0.0149. The Morgan fingerprint density at radius 2 is 1.41 bits per heavy atom. The number of nitrogens with zero attached hydrogens (tertiary/aromatic N) is 2. The molecule has 176 valence electrons. The number of methoxy groups -OCH3 is 2. The maximum Gasteiger partial charge on any atom is 0.263 e. The molecule has 0 atom stereocenters. The van der Waals surface area contributed by atoms with E-state index >= 15 is 0 Å². The third-order valence-electron chi connectivity index (χ3n) is 5.80. The van der Waals surface area contributed by atoms with Crippen LogP contribution in [-0.4, -0.2) is 57.1 Å². The number of amides is 2. The molecule has 1 aliphatic heterocycles. The number of anilines is 2. The molecule has 0 radical (unpaired) electrons. The summed E-state index contributed by atoms with van der Waals surface area (Å²) in [5.74, 6) is 0.594. The fourth-order valence-electron chi connectivity index (χ4n) is 3.97. The molecule has 3 aromatic carbocycles. The van der Waals surface area contributed by atoms with E-state index in [-0.39, 0.29) is 11.8 Å². The van der Waals surface area contributed by atoms with Gasteiger partial charge >= 0.3 is 0 Å². The lowest BCUT2D eigenvalue weighted by atomic mass is 10.1. The molecule has 4 rings (SSSR count). The molecule has 1 N–H and O–H groups in total. The molecule has 1 saturated heterocycles. The fourth-order valence-corrected chi connectivity index (χ4v) is 4.09. The molecule has 0 bridgehead atoms. The Hall–Kier alpha value is -3.71. The first-order valence-electron chi connectivity index (χ1n) is 10.9. The smallest absolute Gasteiger partial charge is 0.263 e. The maximum atomic E-state index is 12.9. The first kappa shape index (κ1) is 23.4. The van der Waals surface area contributed by atoms with Gasteiger partial charge in [0.15, 0.2) is 0 Å². The molecule has 1 fully saturated rings. The predicted molar refractivity (Wildman–Crippen MR) is 134 cm³/mol. The quantitative estimate of drug-likeness (QED) is 0.560. The zero-order chi connectivity index (χ0) is 24.1. The number of nitrogens with one attached hydrogen (secondary N) is 1. The van der Waals surface area contributed by atoms with Crippen LogP contribution >= 0.6 is 11.6 Å². The van der Waals surface area contributed by atoms with E-state index < -0.39 is 0 Å². The van der Waals surface area contributed by atoms with E-state index in [9.17, 15) is 9.59 Å². The normalized spacial score (nSPS) is 13.4. The van der Waals surface area contributed by atoms with Gasteiger partial charge in [-0.3, -0.25) is 9.59 Å². The fraction of sp³-hybridized carbons (Fsp3) is 0.231. The molecule has 3 aromatic rings.